The summed E-state index contributed by atoms with van der Waals surface area (Å²) in [7, 11) is 4.49. The van der Waals surface area contributed by atoms with E-state index < -0.39 is 0 Å². The van der Waals surface area contributed by atoms with Crippen molar-refractivity contribution in [1.82, 2.24) is 4.98 Å². The molecule has 0 saturated heterocycles. The fourth-order valence-corrected chi connectivity index (χ4v) is 3.95. The molecule has 152 valence electrons. The van der Waals surface area contributed by atoms with Crippen LogP contribution in [0.1, 0.15) is 26.4 Å². The van der Waals surface area contributed by atoms with Gasteiger partial charge in [-0.25, -0.2) is 4.98 Å². The Balaban J connectivity index is 1.79. The fourth-order valence-electron chi connectivity index (χ4n) is 2.92. The molecule has 1 aromatic heterocycles. The van der Waals surface area contributed by atoms with E-state index in [9.17, 15) is 4.79 Å². The Morgan fingerprint density at radius 2 is 1.86 bits per heavy atom. The molecule has 0 aliphatic heterocycles. The molecule has 0 aliphatic rings. The third kappa shape index (κ3) is 4.46. The average molecular weight is 433 g/mol. The van der Waals surface area contributed by atoms with Crippen LogP contribution < -0.4 is 19.5 Å². The Morgan fingerprint density at radius 1 is 1.10 bits per heavy atom. The molecule has 0 atom stereocenters. The van der Waals surface area contributed by atoms with Crippen molar-refractivity contribution in [3.63, 3.8) is 0 Å². The summed E-state index contributed by atoms with van der Waals surface area (Å²) in [5.74, 6) is 0.786. The number of nitrogens with one attached hydrogen (secondary N) is 1. The minimum Gasteiger partial charge on any atom is -0.493 e. The number of thiazole rings is 1. The number of anilines is 1. The van der Waals surface area contributed by atoms with E-state index >= 15 is 0 Å². The zero-order chi connectivity index (χ0) is 21.0. The lowest BCUT2D eigenvalue weighted by Crippen LogP contribution is -2.13. The smallest absolute Gasteiger partial charge is 0.261 e. The molecule has 0 spiro atoms. The van der Waals surface area contributed by atoms with E-state index in [-0.39, 0.29) is 5.91 Å². The first-order valence-corrected chi connectivity index (χ1v) is 9.97. The topological polar surface area (TPSA) is 69.7 Å². The molecule has 6 nitrogen and oxygen atoms in total. The van der Waals surface area contributed by atoms with Gasteiger partial charge >= 0.3 is 0 Å². The molecule has 1 amide bonds. The minimum atomic E-state index is -0.350. The van der Waals surface area contributed by atoms with Gasteiger partial charge in [0.05, 0.1) is 26.9 Å². The molecule has 8 heteroatoms. The molecule has 3 aromatic rings. The normalized spacial score (nSPS) is 10.5. The van der Waals surface area contributed by atoms with Gasteiger partial charge in [0.1, 0.15) is 0 Å². The Bertz CT molecular complexity index is 1040. The summed E-state index contributed by atoms with van der Waals surface area (Å²) in [6.45, 7) is 1.97. The maximum absolute atomic E-state index is 12.8. The van der Waals surface area contributed by atoms with Crippen LogP contribution in [0.2, 0.25) is 5.02 Å². The maximum Gasteiger partial charge on any atom is 0.261 e. The summed E-state index contributed by atoms with van der Waals surface area (Å²) >= 11 is 7.78. The molecule has 1 heterocycles. The van der Waals surface area contributed by atoms with Crippen LogP contribution in [0.15, 0.2) is 36.5 Å². The molecule has 0 fully saturated rings. The number of ether oxygens (including phenoxy) is 3. The van der Waals surface area contributed by atoms with E-state index in [0.717, 1.165) is 21.0 Å². The number of carbonyl (C=O) groups excluding carboxylic acids is 1. The number of methoxy groups -OCH3 is 3. The van der Waals surface area contributed by atoms with Crippen molar-refractivity contribution >= 4 is 34.0 Å². The highest BCUT2D eigenvalue weighted by molar-refractivity contribution is 7.15. The van der Waals surface area contributed by atoms with Crippen molar-refractivity contribution in [3.8, 4) is 17.2 Å². The van der Waals surface area contributed by atoms with Crippen LogP contribution in [0.5, 0.6) is 17.2 Å². The van der Waals surface area contributed by atoms with Gasteiger partial charge in [-0.05, 0) is 30.2 Å². The highest BCUT2D eigenvalue weighted by Crippen LogP contribution is 2.40. The number of halogens is 1. The van der Waals surface area contributed by atoms with E-state index in [1.54, 1.807) is 18.3 Å². The van der Waals surface area contributed by atoms with E-state index in [1.807, 2.05) is 25.1 Å². The summed E-state index contributed by atoms with van der Waals surface area (Å²) in [4.78, 5) is 18.1. The van der Waals surface area contributed by atoms with Gasteiger partial charge < -0.3 is 14.2 Å². The molecule has 0 saturated carbocycles. The fraction of sp³-hybridized carbons (Fsp3) is 0.238. The van der Waals surface area contributed by atoms with E-state index in [0.29, 0.717) is 34.4 Å². The summed E-state index contributed by atoms with van der Waals surface area (Å²) < 4.78 is 16.0. The lowest BCUT2D eigenvalue weighted by atomic mass is 10.1. The number of hydrogen-bond donors (Lipinski definition) is 1. The number of hydrogen-bond acceptors (Lipinski definition) is 6. The molecule has 2 aromatic carbocycles. The molecule has 0 radical (unpaired) electrons. The second kappa shape index (κ2) is 9.15. The van der Waals surface area contributed by atoms with Gasteiger partial charge in [0.25, 0.3) is 5.91 Å². The Morgan fingerprint density at radius 3 is 2.55 bits per heavy atom. The van der Waals surface area contributed by atoms with Crippen molar-refractivity contribution in [2.75, 3.05) is 26.6 Å². The summed E-state index contributed by atoms with van der Waals surface area (Å²) in [6.07, 6.45) is 2.39. The number of nitrogens with zero attached hydrogens (tertiary/aromatic N) is 1. The van der Waals surface area contributed by atoms with Crippen molar-refractivity contribution < 1.29 is 19.0 Å². The van der Waals surface area contributed by atoms with Crippen molar-refractivity contribution in [3.05, 3.63) is 63.1 Å². The highest BCUT2D eigenvalue weighted by atomic mass is 35.5. The lowest BCUT2D eigenvalue weighted by Gasteiger charge is -2.15. The van der Waals surface area contributed by atoms with Crippen LogP contribution in [-0.4, -0.2) is 32.2 Å². The maximum atomic E-state index is 12.8. The Kier molecular flexibility index (Phi) is 6.61. The SMILES string of the molecule is COc1ccc(C(=O)Nc2ncc(Cc3cccc(C)c3Cl)s2)c(OC)c1OC. The number of aryl methyl sites for hydroxylation is 1. The van der Waals surface area contributed by atoms with E-state index in [1.165, 1.54) is 32.7 Å². The van der Waals surface area contributed by atoms with Crippen molar-refractivity contribution in [2.24, 2.45) is 0 Å². The molecule has 29 heavy (non-hydrogen) atoms. The molecule has 0 unspecified atom stereocenters. The van der Waals surface area contributed by atoms with Gasteiger partial charge in [0, 0.05) is 22.5 Å². The first-order valence-electron chi connectivity index (χ1n) is 8.77. The van der Waals surface area contributed by atoms with Gasteiger partial charge in [-0.1, -0.05) is 29.8 Å². The number of amides is 1. The van der Waals surface area contributed by atoms with Crippen LogP contribution >= 0.6 is 22.9 Å². The third-order valence-corrected chi connectivity index (χ3v) is 5.81. The van der Waals surface area contributed by atoms with Crippen LogP contribution in [0.4, 0.5) is 5.13 Å². The average Bonchev–Trinajstić information content (AvgIpc) is 3.16. The van der Waals surface area contributed by atoms with Gasteiger partial charge in [-0.15, -0.1) is 11.3 Å². The molecule has 0 bridgehead atoms. The Hall–Kier alpha value is -2.77. The number of carbonyl (C=O) groups is 1. The van der Waals surface area contributed by atoms with E-state index in [2.05, 4.69) is 10.3 Å². The molecular weight excluding hydrogens is 412 g/mol. The first kappa shape index (κ1) is 21.0. The summed E-state index contributed by atoms with van der Waals surface area (Å²) in [5, 5.41) is 4.06. The van der Waals surface area contributed by atoms with Crippen LogP contribution in [-0.2, 0) is 6.42 Å². The minimum absolute atomic E-state index is 0.299. The van der Waals surface area contributed by atoms with Crippen molar-refractivity contribution in [2.45, 2.75) is 13.3 Å². The second-order valence-corrected chi connectivity index (χ2v) is 7.69. The monoisotopic (exact) mass is 432 g/mol. The van der Waals surface area contributed by atoms with Gasteiger partial charge in [0.15, 0.2) is 16.6 Å². The second-order valence-electron chi connectivity index (χ2n) is 6.19. The number of rotatable bonds is 7. The predicted octanol–water partition coefficient (Wildman–Crippen LogP) is 4.97. The third-order valence-electron chi connectivity index (χ3n) is 4.36. The quantitative estimate of drug-likeness (QED) is 0.570. The van der Waals surface area contributed by atoms with Crippen LogP contribution in [0.25, 0.3) is 0 Å². The van der Waals surface area contributed by atoms with Crippen LogP contribution in [0.3, 0.4) is 0 Å². The zero-order valence-electron chi connectivity index (χ0n) is 16.5. The lowest BCUT2D eigenvalue weighted by molar-refractivity contribution is 0.102. The number of benzene rings is 2. The number of aromatic nitrogens is 1. The Labute approximate surface area is 178 Å². The summed E-state index contributed by atoms with van der Waals surface area (Å²) in [6, 6.07) is 9.21. The van der Waals surface area contributed by atoms with Gasteiger partial charge in [0.2, 0.25) is 5.75 Å². The predicted molar refractivity (Wildman–Crippen MR) is 115 cm³/mol. The summed E-state index contributed by atoms with van der Waals surface area (Å²) in [5.41, 5.74) is 2.38. The molecule has 1 N–H and O–H groups in total. The molecular formula is C21H21ClN2O4S. The zero-order valence-corrected chi connectivity index (χ0v) is 18.1. The highest BCUT2D eigenvalue weighted by Gasteiger charge is 2.21. The van der Waals surface area contributed by atoms with Crippen molar-refractivity contribution in [1.29, 1.82) is 0 Å². The van der Waals surface area contributed by atoms with Gasteiger partial charge in [-0.2, -0.15) is 0 Å². The van der Waals surface area contributed by atoms with Gasteiger partial charge in [-0.3, -0.25) is 10.1 Å². The van der Waals surface area contributed by atoms with Crippen LogP contribution in [0, 0.1) is 6.92 Å². The largest absolute Gasteiger partial charge is 0.493 e. The van der Waals surface area contributed by atoms with E-state index in [4.69, 9.17) is 25.8 Å². The first-order chi connectivity index (χ1) is 14.0. The standard InChI is InChI=1S/C21H21ClN2O4S/c1-12-6-5-7-13(17(12)22)10-14-11-23-21(29-14)24-20(25)15-8-9-16(26-2)19(28-4)18(15)27-3/h5-9,11H,10H2,1-4H3,(H,23,24,25). The molecule has 3 rings (SSSR count). The molecule has 0 aliphatic carbocycles.